The minimum absolute atomic E-state index is 0.929. The van der Waals surface area contributed by atoms with Crippen LogP contribution in [0.4, 0.5) is 0 Å². The van der Waals surface area contributed by atoms with Gasteiger partial charge in [-0.2, -0.15) is 0 Å². The molecule has 0 spiro atoms. The summed E-state index contributed by atoms with van der Waals surface area (Å²) < 4.78 is 5.43. The van der Waals surface area contributed by atoms with Crippen molar-refractivity contribution < 1.29 is 4.74 Å². The maximum absolute atomic E-state index is 5.43. The molecule has 2 rings (SSSR count). The van der Waals surface area contributed by atoms with Gasteiger partial charge in [-0.25, -0.2) is 0 Å². The zero-order valence-corrected chi connectivity index (χ0v) is 11.0. The van der Waals surface area contributed by atoms with Crippen molar-refractivity contribution in [1.29, 1.82) is 0 Å². The van der Waals surface area contributed by atoms with Crippen molar-refractivity contribution in [2.75, 3.05) is 20.7 Å². The van der Waals surface area contributed by atoms with Crippen molar-refractivity contribution in [3.63, 3.8) is 0 Å². The Balaban J connectivity index is 2.59. The van der Waals surface area contributed by atoms with Crippen LogP contribution in [0.1, 0.15) is 16.8 Å². The van der Waals surface area contributed by atoms with Gasteiger partial charge in [0.25, 0.3) is 0 Å². The first kappa shape index (κ1) is 12.0. The van der Waals surface area contributed by atoms with Gasteiger partial charge < -0.3 is 15.0 Å². The molecular formula is C14H20N2O. The summed E-state index contributed by atoms with van der Waals surface area (Å²) in [5.41, 5.74) is 4.97. The number of likely N-dealkylation sites (N-methyl/N-ethyl adjacent to an activating group) is 1. The highest BCUT2D eigenvalue weighted by atomic mass is 16.5. The number of aryl methyl sites for hydroxylation is 2. The minimum atomic E-state index is 0.929. The number of ether oxygens (including phenoxy) is 1. The fraction of sp³-hybridized carbons (Fsp3) is 0.429. The highest BCUT2D eigenvalue weighted by Crippen LogP contribution is 2.31. The quantitative estimate of drug-likeness (QED) is 0.850. The lowest BCUT2D eigenvalue weighted by Crippen LogP contribution is -2.10. The Labute approximate surface area is 102 Å². The van der Waals surface area contributed by atoms with Crippen LogP contribution in [-0.4, -0.2) is 25.7 Å². The van der Waals surface area contributed by atoms with Gasteiger partial charge >= 0.3 is 0 Å². The molecule has 0 unspecified atom stereocenters. The number of methoxy groups -OCH3 is 1. The van der Waals surface area contributed by atoms with Gasteiger partial charge in [-0.05, 0) is 57.1 Å². The molecule has 0 aliphatic heterocycles. The normalized spacial score (nSPS) is 11.1. The van der Waals surface area contributed by atoms with Crippen molar-refractivity contribution in [1.82, 2.24) is 10.3 Å². The Kier molecular flexibility index (Phi) is 3.38. The van der Waals surface area contributed by atoms with E-state index in [9.17, 15) is 0 Å². The Hall–Kier alpha value is -1.48. The standard InChI is InChI=1S/C14H20N2O/c1-9-7-12-11(5-6-15-3)10(2)16-14(12)13(8-9)17-4/h7-8,15-16H,5-6H2,1-4H3. The first-order valence-electron chi connectivity index (χ1n) is 5.97. The van der Waals surface area contributed by atoms with Gasteiger partial charge in [-0.3, -0.25) is 0 Å². The summed E-state index contributed by atoms with van der Waals surface area (Å²) in [6.07, 6.45) is 1.04. The molecule has 0 fully saturated rings. The lowest BCUT2D eigenvalue weighted by atomic mass is 10.1. The number of hydrogen-bond acceptors (Lipinski definition) is 2. The first-order chi connectivity index (χ1) is 8.17. The highest BCUT2D eigenvalue weighted by molar-refractivity contribution is 5.90. The highest BCUT2D eigenvalue weighted by Gasteiger charge is 2.12. The molecule has 92 valence electrons. The molecule has 3 heteroatoms. The SMILES string of the molecule is CNCCc1c(C)[nH]c2c(OC)cc(C)cc12. The Morgan fingerprint density at radius 1 is 1.29 bits per heavy atom. The van der Waals surface area contributed by atoms with E-state index in [1.54, 1.807) is 7.11 Å². The summed E-state index contributed by atoms with van der Waals surface area (Å²) in [5.74, 6) is 0.929. The van der Waals surface area contributed by atoms with E-state index in [1.165, 1.54) is 22.2 Å². The van der Waals surface area contributed by atoms with Crippen LogP contribution in [0.5, 0.6) is 5.75 Å². The van der Waals surface area contributed by atoms with Gasteiger partial charge in [-0.15, -0.1) is 0 Å². The zero-order valence-electron chi connectivity index (χ0n) is 11.0. The molecule has 1 aromatic heterocycles. The van der Waals surface area contributed by atoms with E-state index in [0.29, 0.717) is 0 Å². The first-order valence-corrected chi connectivity index (χ1v) is 5.97. The van der Waals surface area contributed by atoms with Gasteiger partial charge in [0.15, 0.2) is 0 Å². The number of rotatable bonds is 4. The molecule has 17 heavy (non-hydrogen) atoms. The summed E-state index contributed by atoms with van der Waals surface area (Å²) in [6.45, 7) is 5.22. The van der Waals surface area contributed by atoms with Gasteiger partial charge in [0.1, 0.15) is 5.75 Å². The molecule has 1 aromatic carbocycles. The number of aromatic nitrogens is 1. The third kappa shape index (κ3) is 2.15. The van der Waals surface area contributed by atoms with Crippen LogP contribution in [-0.2, 0) is 6.42 Å². The van der Waals surface area contributed by atoms with Crippen LogP contribution in [0.15, 0.2) is 12.1 Å². The largest absolute Gasteiger partial charge is 0.495 e. The summed E-state index contributed by atoms with van der Waals surface area (Å²) in [7, 11) is 3.70. The van der Waals surface area contributed by atoms with Gasteiger partial charge in [0.05, 0.1) is 12.6 Å². The zero-order chi connectivity index (χ0) is 12.4. The lowest BCUT2D eigenvalue weighted by Gasteiger charge is -2.05. The van der Waals surface area contributed by atoms with Crippen LogP contribution < -0.4 is 10.1 Å². The second-order valence-electron chi connectivity index (χ2n) is 4.47. The maximum Gasteiger partial charge on any atom is 0.143 e. The smallest absolute Gasteiger partial charge is 0.143 e. The van der Waals surface area contributed by atoms with Crippen molar-refractivity contribution in [3.05, 3.63) is 29.0 Å². The van der Waals surface area contributed by atoms with Crippen molar-refractivity contribution in [2.24, 2.45) is 0 Å². The maximum atomic E-state index is 5.43. The van der Waals surface area contributed by atoms with Crippen LogP contribution in [0.3, 0.4) is 0 Å². The molecule has 2 aromatic rings. The average Bonchev–Trinajstić information content (AvgIpc) is 2.62. The number of fused-ring (bicyclic) bond motifs is 1. The molecule has 0 aliphatic rings. The molecule has 0 bridgehead atoms. The summed E-state index contributed by atoms with van der Waals surface area (Å²) >= 11 is 0. The molecule has 0 atom stereocenters. The predicted molar refractivity (Wildman–Crippen MR) is 72.0 cm³/mol. The lowest BCUT2D eigenvalue weighted by molar-refractivity contribution is 0.418. The second kappa shape index (κ2) is 4.80. The van der Waals surface area contributed by atoms with E-state index in [0.717, 1.165) is 24.2 Å². The fourth-order valence-electron chi connectivity index (χ4n) is 2.32. The van der Waals surface area contributed by atoms with Crippen LogP contribution >= 0.6 is 0 Å². The number of hydrogen-bond donors (Lipinski definition) is 2. The second-order valence-corrected chi connectivity index (χ2v) is 4.47. The summed E-state index contributed by atoms with van der Waals surface area (Å²) in [6, 6.07) is 4.30. The number of benzene rings is 1. The van der Waals surface area contributed by atoms with E-state index in [-0.39, 0.29) is 0 Å². The molecule has 0 saturated heterocycles. The van der Waals surface area contributed by atoms with Crippen LogP contribution in [0.2, 0.25) is 0 Å². The molecule has 0 radical (unpaired) electrons. The topological polar surface area (TPSA) is 37.0 Å². The van der Waals surface area contributed by atoms with Gasteiger partial charge in [-0.1, -0.05) is 0 Å². The fourth-order valence-corrected chi connectivity index (χ4v) is 2.32. The molecular weight excluding hydrogens is 212 g/mol. The predicted octanol–water partition coefficient (Wildman–Crippen LogP) is 2.56. The van der Waals surface area contributed by atoms with Crippen molar-refractivity contribution >= 4 is 10.9 Å². The number of aromatic amines is 1. The van der Waals surface area contributed by atoms with Crippen LogP contribution in [0, 0.1) is 13.8 Å². The van der Waals surface area contributed by atoms with E-state index in [1.807, 2.05) is 7.05 Å². The van der Waals surface area contributed by atoms with E-state index >= 15 is 0 Å². The molecule has 0 amide bonds. The summed E-state index contributed by atoms with van der Waals surface area (Å²) in [5, 5.41) is 4.48. The molecule has 2 N–H and O–H groups in total. The Morgan fingerprint density at radius 3 is 2.71 bits per heavy atom. The number of H-pyrrole nitrogens is 1. The monoisotopic (exact) mass is 232 g/mol. The van der Waals surface area contributed by atoms with Gasteiger partial charge in [0.2, 0.25) is 0 Å². The average molecular weight is 232 g/mol. The Morgan fingerprint density at radius 2 is 2.06 bits per heavy atom. The Bertz CT molecular complexity index is 528. The van der Waals surface area contributed by atoms with Crippen molar-refractivity contribution in [3.8, 4) is 5.75 Å². The van der Waals surface area contributed by atoms with E-state index in [4.69, 9.17) is 4.74 Å². The van der Waals surface area contributed by atoms with E-state index in [2.05, 4.69) is 36.3 Å². The van der Waals surface area contributed by atoms with Crippen LogP contribution in [0.25, 0.3) is 10.9 Å². The minimum Gasteiger partial charge on any atom is -0.495 e. The number of nitrogens with one attached hydrogen (secondary N) is 2. The third-order valence-corrected chi connectivity index (χ3v) is 3.18. The molecule has 0 saturated carbocycles. The van der Waals surface area contributed by atoms with Crippen molar-refractivity contribution in [2.45, 2.75) is 20.3 Å². The third-order valence-electron chi connectivity index (χ3n) is 3.18. The van der Waals surface area contributed by atoms with E-state index < -0.39 is 0 Å². The molecule has 0 aliphatic carbocycles. The van der Waals surface area contributed by atoms with Gasteiger partial charge in [0, 0.05) is 11.1 Å². The molecule has 3 nitrogen and oxygen atoms in total. The summed E-state index contributed by atoms with van der Waals surface area (Å²) in [4.78, 5) is 3.43. The molecule has 1 heterocycles.